The van der Waals surface area contributed by atoms with Crippen molar-refractivity contribution >= 4 is 11.6 Å². The Morgan fingerprint density at radius 1 is 1.30 bits per heavy atom. The quantitative estimate of drug-likeness (QED) is 0.915. The van der Waals surface area contributed by atoms with Crippen LogP contribution in [0.2, 0.25) is 5.02 Å². The summed E-state index contributed by atoms with van der Waals surface area (Å²) in [5.74, 6) is -0.337. The number of hydrogen-bond donors (Lipinski definition) is 1. The van der Waals surface area contributed by atoms with Crippen molar-refractivity contribution in [2.75, 3.05) is 0 Å². The van der Waals surface area contributed by atoms with E-state index in [9.17, 15) is 4.39 Å². The zero-order valence-corrected chi connectivity index (χ0v) is 11.8. The Labute approximate surface area is 122 Å². The van der Waals surface area contributed by atoms with Gasteiger partial charge in [0.15, 0.2) is 0 Å². The monoisotopic (exact) mass is 288 g/mol. The van der Waals surface area contributed by atoms with Crippen LogP contribution in [-0.2, 0) is 6.54 Å². The Hall–Kier alpha value is -1.89. The molecule has 2 aromatic carbocycles. The molecule has 2 nitrogen and oxygen atoms in total. The van der Waals surface area contributed by atoms with Gasteiger partial charge >= 0.3 is 0 Å². The minimum Gasteiger partial charge on any atom is -0.306 e. The van der Waals surface area contributed by atoms with E-state index < -0.39 is 0 Å². The van der Waals surface area contributed by atoms with Gasteiger partial charge in [0.2, 0.25) is 0 Å². The van der Waals surface area contributed by atoms with Crippen LogP contribution in [0, 0.1) is 17.1 Å². The summed E-state index contributed by atoms with van der Waals surface area (Å²) in [7, 11) is 0. The topological polar surface area (TPSA) is 35.8 Å². The number of nitriles is 1. The third-order valence-electron chi connectivity index (χ3n) is 3.14. The van der Waals surface area contributed by atoms with Gasteiger partial charge in [0.25, 0.3) is 0 Å². The third kappa shape index (κ3) is 3.57. The van der Waals surface area contributed by atoms with Crippen LogP contribution in [0.4, 0.5) is 4.39 Å². The van der Waals surface area contributed by atoms with Crippen LogP contribution < -0.4 is 5.32 Å². The van der Waals surface area contributed by atoms with Crippen LogP contribution in [-0.4, -0.2) is 0 Å². The number of nitrogens with zero attached hydrogens (tertiary/aromatic N) is 1. The molecule has 0 amide bonds. The van der Waals surface area contributed by atoms with E-state index in [0.717, 1.165) is 5.56 Å². The van der Waals surface area contributed by atoms with Gasteiger partial charge in [-0.2, -0.15) is 5.26 Å². The van der Waals surface area contributed by atoms with E-state index in [1.807, 2.05) is 31.2 Å². The van der Waals surface area contributed by atoms with E-state index in [-0.39, 0.29) is 11.9 Å². The Balaban J connectivity index is 2.09. The first-order valence-corrected chi connectivity index (χ1v) is 6.65. The molecule has 2 aromatic rings. The van der Waals surface area contributed by atoms with Gasteiger partial charge in [0.05, 0.1) is 11.6 Å². The summed E-state index contributed by atoms with van der Waals surface area (Å²) in [6.07, 6.45) is 0. The molecule has 4 heteroatoms. The van der Waals surface area contributed by atoms with Crippen LogP contribution in [0.3, 0.4) is 0 Å². The predicted molar refractivity (Wildman–Crippen MR) is 77.8 cm³/mol. The van der Waals surface area contributed by atoms with Crippen molar-refractivity contribution in [3.05, 3.63) is 70.0 Å². The average Bonchev–Trinajstić information content (AvgIpc) is 2.45. The summed E-state index contributed by atoms with van der Waals surface area (Å²) in [4.78, 5) is 0. The second-order valence-corrected chi connectivity index (χ2v) is 5.01. The highest BCUT2D eigenvalue weighted by atomic mass is 35.5. The SMILES string of the molecule is CC(NCc1cc(F)ccc1C#N)c1cccc(Cl)c1. The number of benzene rings is 2. The molecule has 0 bridgehead atoms. The molecular weight excluding hydrogens is 275 g/mol. The van der Waals surface area contributed by atoms with Gasteiger partial charge in [-0.05, 0) is 48.4 Å². The van der Waals surface area contributed by atoms with Crippen molar-refractivity contribution in [3.8, 4) is 6.07 Å². The lowest BCUT2D eigenvalue weighted by Gasteiger charge is -2.15. The van der Waals surface area contributed by atoms with Crippen molar-refractivity contribution in [2.45, 2.75) is 19.5 Å². The second-order valence-electron chi connectivity index (χ2n) is 4.57. The van der Waals surface area contributed by atoms with E-state index in [2.05, 4.69) is 11.4 Å². The first-order valence-electron chi connectivity index (χ1n) is 6.27. The van der Waals surface area contributed by atoms with Gasteiger partial charge in [0.1, 0.15) is 5.82 Å². The summed E-state index contributed by atoms with van der Waals surface area (Å²) < 4.78 is 13.2. The van der Waals surface area contributed by atoms with Gasteiger partial charge < -0.3 is 5.32 Å². The van der Waals surface area contributed by atoms with Gasteiger partial charge in [-0.25, -0.2) is 4.39 Å². The maximum atomic E-state index is 13.2. The lowest BCUT2D eigenvalue weighted by Crippen LogP contribution is -2.18. The molecule has 0 heterocycles. The number of hydrogen-bond acceptors (Lipinski definition) is 2. The summed E-state index contributed by atoms with van der Waals surface area (Å²) in [6.45, 7) is 2.42. The Kier molecular flexibility index (Phi) is 4.73. The van der Waals surface area contributed by atoms with Crippen molar-refractivity contribution in [1.82, 2.24) is 5.32 Å². The van der Waals surface area contributed by atoms with Gasteiger partial charge in [0, 0.05) is 17.6 Å². The lowest BCUT2D eigenvalue weighted by atomic mass is 10.1. The molecule has 0 saturated heterocycles. The molecule has 0 saturated carbocycles. The molecule has 2 rings (SSSR count). The third-order valence-corrected chi connectivity index (χ3v) is 3.37. The molecule has 0 aliphatic carbocycles. The first-order chi connectivity index (χ1) is 9.60. The molecule has 0 aromatic heterocycles. The highest BCUT2D eigenvalue weighted by Crippen LogP contribution is 2.18. The molecule has 20 heavy (non-hydrogen) atoms. The van der Waals surface area contributed by atoms with E-state index in [0.29, 0.717) is 22.7 Å². The molecule has 102 valence electrons. The van der Waals surface area contributed by atoms with Crippen LogP contribution >= 0.6 is 11.6 Å². The predicted octanol–water partition coefficient (Wildman–Crippen LogP) is 4.20. The molecule has 0 aliphatic heterocycles. The Morgan fingerprint density at radius 2 is 2.10 bits per heavy atom. The zero-order valence-electron chi connectivity index (χ0n) is 11.0. The summed E-state index contributed by atoms with van der Waals surface area (Å²) in [5.41, 5.74) is 2.19. The molecule has 0 spiro atoms. The Morgan fingerprint density at radius 3 is 2.80 bits per heavy atom. The minimum absolute atomic E-state index is 0.0588. The Bertz CT molecular complexity index is 649. The zero-order chi connectivity index (χ0) is 14.5. The molecule has 1 N–H and O–H groups in total. The maximum absolute atomic E-state index is 13.2. The second kappa shape index (κ2) is 6.51. The highest BCUT2D eigenvalue weighted by molar-refractivity contribution is 6.30. The normalized spacial score (nSPS) is 11.9. The summed E-state index contributed by atoms with van der Waals surface area (Å²) in [5, 5.41) is 13.0. The molecule has 1 atom stereocenters. The largest absolute Gasteiger partial charge is 0.306 e. The molecule has 0 radical (unpaired) electrons. The van der Waals surface area contributed by atoms with Crippen molar-refractivity contribution in [3.63, 3.8) is 0 Å². The van der Waals surface area contributed by atoms with E-state index in [1.54, 1.807) is 0 Å². The lowest BCUT2D eigenvalue weighted by molar-refractivity contribution is 0.568. The maximum Gasteiger partial charge on any atom is 0.123 e. The molecule has 0 fully saturated rings. The van der Waals surface area contributed by atoms with Gasteiger partial charge in [-0.1, -0.05) is 23.7 Å². The molecule has 1 unspecified atom stereocenters. The minimum atomic E-state index is -0.337. The van der Waals surface area contributed by atoms with Crippen molar-refractivity contribution in [2.24, 2.45) is 0 Å². The fourth-order valence-corrected chi connectivity index (χ4v) is 2.17. The van der Waals surface area contributed by atoms with Crippen LogP contribution in [0.25, 0.3) is 0 Å². The molecular formula is C16H14ClFN2. The number of rotatable bonds is 4. The fourth-order valence-electron chi connectivity index (χ4n) is 1.97. The summed E-state index contributed by atoms with van der Waals surface area (Å²) >= 11 is 5.95. The van der Waals surface area contributed by atoms with Crippen LogP contribution in [0.15, 0.2) is 42.5 Å². The van der Waals surface area contributed by atoms with Crippen molar-refractivity contribution < 1.29 is 4.39 Å². The highest BCUT2D eigenvalue weighted by Gasteiger charge is 2.08. The molecule has 0 aliphatic rings. The van der Waals surface area contributed by atoms with E-state index >= 15 is 0 Å². The summed E-state index contributed by atoms with van der Waals surface area (Å²) in [6, 6.07) is 13.9. The first kappa shape index (κ1) is 14.5. The number of halogens is 2. The van der Waals surface area contributed by atoms with E-state index in [1.165, 1.54) is 18.2 Å². The fraction of sp³-hybridized carbons (Fsp3) is 0.188. The smallest absolute Gasteiger partial charge is 0.123 e. The van der Waals surface area contributed by atoms with Gasteiger partial charge in [-0.15, -0.1) is 0 Å². The van der Waals surface area contributed by atoms with Crippen molar-refractivity contribution in [1.29, 1.82) is 5.26 Å². The number of nitrogens with one attached hydrogen (secondary N) is 1. The van der Waals surface area contributed by atoms with Crippen LogP contribution in [0.5, 0.6) is 0 Å². The van der Waals surface area contributed by atoms with Crippen LogP contribution in [0.1, 0.15) is 29.7 Å². The average molecular weight is 289 g/mol. The van der Waals surface area contributed by atoms with Gasteiger partial charge in [-0.3, -0.25) is 0 Å². The standard InChI is InChI=1S/C16H14ClFN2/c1-11(12-3-2-4-15(17)7-12)20-10-14-8-16(18)6-5-13(14)9-19/h2-8,11,20H,10H2,1H3. The van der Waals surface area contributed by atoms with E-state index in [4.69, 9.17) is 16.9 Å².